The maximum atomic E-state index is 11.4. The third-order valence-corrected chi connectivity index (χ3v) is 6.27. The largest absolute Gasteiger partial charge is 0.369 e. The molecule has 0 aliphatic carbocycles. The molecule has 1 N–H and O–H groups in total. The van der Waals surface area contributed by atoms with Crippen LogP contribution in [0.3, 0.4) is 0 Å². The van der Waals surface area contributed by atoms with Crippen LogP contribution >= 0.6 is 0 Å². The molecule has 4 heteroatoms. The minimum absolute atomic E-state index is 0.176. The first-order valence-electron chi connectivity index (χ1n) is 11.0. The van der Waals surface area contributed by atoms with Gasteiger partial charge in [0.15, 0.2) is 0 Å². The van der Waals surface area contributed by atoms with Crippen LogP contribution in [0.15, 0.2) is 48.5 Å². The molecular weight excluding hydrogens is 358 g/mol. The highest BCUT2D eigenvalue weighted by Crippen LogP contribution is 2.24. The predicted octanol–water partition coefficient (Wildman–Crippen LogP) is 3.95. The van der Waals surface area contributed by atoms with Crippen molar-refractivity contribution in [3.8, 4) is 0 Å². The summed E-state index contributed by atoms with van der Waals surface area (Å²) < 4.78 is 0. The zero-order valence-electron chi connectivity index (χ0n) is 17.7. The fraction of sp³-hybridized carbons (Fsp3) is 0.480. The molecule has 2 heterocycles. The second-order valence-corrected chi connectivity index (χ2v) is 8.84. The van der Waals surface area contributed by atoms with Gasteiger partial charge in [-0.2, -0.15) is 0 Å². The lowest BCUT2D eigenvalue weighted by molar-refractivity contribution is -0.119. The van der Waals surface area contributed by atoms with Crippen molar-refractivity contribution in [1.82, 2.24) is 10.2 Å². The molecule has 0 aromatic heterocycles. The van der Waals surface area contributed by atoms with Gasteiger partial charge in [0, 0.05) is 44.8 Å². The molecule has 2 saturated heterocycles. The molecular formula is C25H33N3O. The number of hydrogen-bond donors (Lipinski definition) is 1. The number of aryl methyl sites for hydroxylation is 1. The van der Waals surface area contributed by atoms with E-state index in [9.17, 15) is 4.79 Å². The van der Waals surface area contributed by atoms with Gasteiger partial charge in [-0.05, 0) is 54.5 Å². The molecule has 2 aromatic rings. The predicted molar refractivity (Wildman–Crippen MR) is 119 cm³/mol. The summed E-state index contributed by atoms with van der Waals surface area (Å²) in [4.78, 5) is 16.5. The maximum Gasteiger partial charge on any atom is 0.220 e. The minimum Gasteiger partial charge on any atom is -0.369 e. The Kier molecular flexibility index (Phi) is 6.19. The van der Waals surface area contributed by atoms with E-state index in [0.29, 0.717) is 12.3 Å². The Bertz CT molecular complexity index is 824. The van der Waals surface area contributed by atoms with Gasteiger partial charge >= 0.3 is 0 Å². The number of anilines is 1. The smallest absolute Gasteiger partial charge is 0.220 e. The highest BCUT2D eigenvalue weighted by Gasteiger charge is 2.22. The zero-order valence-corrected chi connectivity index (χ0v) is 17.7. The van der Waals surface area contributed by atoms with Crippen LogP contribution in [0.2, 0.25) is 0 Å². The summed E-state index contributed by atoms with van der Waals surface area (Å²) in [5.41, 5.74) is 5.32. The highest BCUT2D eigenvalue weighted by atomic mass is 16.1. The van der Waals surface area contributed by atoms with Crippen molar-refractivity contribution in [3.63, 3.8) is 0 Å². The Morgan fingerprint density at radius 2 is 1.83 bits per heavy atom. The average Bonchev–Trinajstić information content (AvgIpc) is 3.15. The van der Waals surface area contributed by atoms with Crippen molar-refractivity contribution >= 4 is 11.6 Å². The number of rotatable bonds is 6. The summed E-state index contributed by atoms with van der Waals surface area (Å²) in [6.07, 6.45) is 2.68. The van der Waals surface area contributed by atoms with Crippen LogP contribution < -0.4 is 10.2 Å². The Morgan fingerprint density at radius 3 is 2.48 bits per heavy atom. The molecule has 4 nitrogen and oxygen atoms in total. The van der Waals surface area contributed by atoms with Crippen LogP contribution in [0.5, 0.6) is 0 Å². The van der Waals surface area contributed by atoms with Gasteiger partial charge < -0.3 is 10.2 Å². The van der Waals surface area contributed by atoms with Crippen LogP contribution in [-0.4, -0.2) is 43.5 Å². The first-order valence-corrected chi connectivity index (χ1v) is 11.0. The number of benzene rings is 2. The van der Waals surface area contributed by atoms with Crippen LogP contribution in [0.1, 0.15) is 42.5 Å². The zero-order chi connectivity index (χ0) is 20.2. The third kappa shape index (κ3) is 5.18. The topological polar surface area (TPSA) is 35.6 Å². The van der Waals surface area contributed by atoms with Crippen LogP contribution in [-0.2, 0) is 11.2 Å². The Hall–Kier alpha value is -2.33. The van der Waals surface area contributed by atoms with Crippen molar-refractivity contribution < 1.29 is 4.79 Å². The van der Waals surface area contributed by atoms with Crippen molar-refractivity contribution in [2.45, 2.75) is 39.2 Å². The number of hydrogen-bond acceptors (Lipinski definition) is 3. The van der Waals surface area contributed by atoms with Crippen molar-refractivity contribution in [2.75, 3.05) is 37.6 Å². The Morgan fingerprint density at radius 1 is 1.07 bits per heavy atom. The number of nitrogens with zero attached hydrogens (tertiary/aromatic N) is 2. The lowest BCUT2D eigenvalue weighted by Crippen LogP contribution is -2.47. The van der Waals surface area contributed by atoms with E-state index < -0.39 is 0 Å². The first kappa shape index (κ1) is 20.0. The average molecular weight is 392 g/mol. The monoisotopic (exact) mass is 391 g/mol. The van der Waals surface area contributed by atoms with E-state index in [1.165, 1.54) is 22.4 Å². The van der Waals surface area contributed by atoms with E-state index in [4.69, 9.17) is 0 Å². The van der Waals surface area contributed by atoms with E-state index in [1.807, 2.05) is 0 Å². The van der Waals surface area contributed by atoms with Crippen molar-refractivity contribution in [2.24, 2.45) is 5.92 Å². The Labute approximate surface area is 174 Å². The lowest BCUT2D eigenvalue weighted by Gasteiger charge is -2.37. The molecule has 2 aliphatic heterocycles. The third-order valence-electron chi connectivity index (χ3n) is 6.27. The van der Waals surface area contributed by atoms with Gasteiger partial charge in [0.2, 0.25) is 5.91 Å². The lowest BCUT2D eigenvalue weighted by atomic mass is 9.97. The Balaban J connectivity index is 1.24. The molecule has 2 aliphatic rings. The number of carbonyl (C=O) groups excluding carboxylic acids is 1. The number of nitrogens with one attached hydrogen (secondary N) is 1. The van der Waals surface area contributed by atoms with E-state index >= 15 is 0 Å². The molecule has 1 amide bonds. The fourth-order valence-electron chi connectivity index (χ4n) is 4.67. The van der Waals surface area contributed by atoms with Crippen LogP contribution in [0.4, 0.5) is 5.69 Å². The van der Waals surface area contributed by atoms with Gasteiger partial charge in [-0.1, -0.05) is 43.3 Å². The number of carbonyl (C=O) groups is 1. The molecule has 0 radical (unpaired) electrons. The van der Waals surface area contributed by atoms with Crippen LogP contribution in [0, 0.1) is 12.8 Å². The summed E-state index contributed by atoms with van der Waals surface area (Å²) >= 11 is 0. The maximum absolute atomic E-state index is 11.4. The van der Waals surface area contributed by atoms with Crippen LogP contribution in [0.25, 0.3) is 0 Å². The summed E-state index contributed by atoms with van der Waals surface area (Å²) in [5, 5.41) is 3.05. The molecule has 4 rings (SSSR count). The highest BCUT2D eigenvalue weighted by molar-refractivity contribution is 5.78. The first-order chi connectivity index (χ1) is 14.1. The van der Waals surface area contributed by atoms with Gasteiger partial charge in [-0.25, -0.2) is 0 Å². The minimum atomic E-state index is 0.176. The molecule has 2 aromatic carbocycles. The summed E-state index contributed by atoms with van der Waals surface area (Å²) in [6.45, 7) is 10.2. The molecule has 2 fully saturated rings. The van der Waals surface area contributed by atoms with E-state index in [2.05, 4.69) is 77.5 Å². The number of amides is 1. The number of piperazine rings is 1. The molecule has 0 spiro atoms. The second-order valence-electron chi connectivity index (χ2n) is 8.84. The molecule has 2 unspecified atom stereocenters. The summed E-state index contributed by atoms with van der Waals surface area (Å²) in [5.74, 6) is 0.813. The van der Waals surface area contributed by atoms with Gasteiger partial charge in [0.1, 0.15) is 0 Å². The summed E-state index contributed by atoms with van der Waals surface area (Å²) in [6, 6.07) is 17.9. The van der Waals surface area contributed by atoms with E-state index in [-0.39, 0.29) is 11.9 Å². The SMILES string of the molecule is Cc1cccc(N2CCN(CC(C)Cc3ccc(C4CCC(=O)N4)cc3)CC2)c1. The van der Waals surface area contributed by atoms with Gasteiger partial charge in [0.25, 0.3) is 0 Å². The molecule has 0 saturated carbocycles. The molecule has 2 atom stereocenters. The van der Waals surface area contributed by atoms with Gasteiger partial charge in [-0.15, -0.1) is 0 Å². The quantitative estimate of drug-likeness (QED) is 0.810. The standard InChI is InChI=1S/C25H33N3O/c1-19-4-3-5-23(17-19)28-14-12-27(13-15-28)18-20(2)16-21-6-8-22(9-7-21)24-10-11-25(29)26-24/h3-9,17,20,24H,10-16,18H2,1-2H3,(H,26,29). The van der Waals surface area contributed by atoms with Gasteiger partial charge in [0.05, 0.1) is 6.04 Å². The summed E-state index contributed by atoms with van der Waals surface area (Å²) in [7, 11) is 0. The molecule has 0 bridgehead atoms. The molecule has 154 valence electrons. The normalized spacial score (nSPS) is 21.2. The molecule has 29 heavy (non-hydrogen) atoms. The van der Waals surface area contributed by atoms with E-state index in [1.54, 1.807) is 0 Å². The van der Waals surface area contributed by atoms with Crippen molar-refractivity contribution in [3.05, 3.63) is 65.2 Å². The van der Waals surface area contributed by atoms with Crippen molar-refractivity contribution in [1.29, 1.82) is 0 Å². The van der Waals surface area contributed by atoms with E-state index in [0.717, 1.165) is 45.6 Å². The van der Waals surface area contributed by atoms with Gasteiger partial charge in [-0.3, -0.25) is 9.69 Å². The fourth-order valence-corrected chi connectivity index (χ4v) is 4.67. The second kappa shape index (κ2) is 9.00.